The fourth-order valence-electron chi connectivity index (χ4n) is 2.02. The van der Waals surface area contributed by atoms with Crippen LogP contribution in [0.1, 0.15) is 44.0 Å². The summed E-state index contributed by atoms with van der Waals surface area (Å²) in [5, 5.41) is 8.46. The minimum absolute atomic E-state index is 0.456. The van der Waals surface area contributed by atoms with Gasteiger partial charge in [-0.15, -0.1) is 10.2 Å². The zero-order valence-corrected chi connectivity index (χ0v) is 10.1. The molecule has 0 aromatic carbocycles. The van der Waals surface area contributed by atoms with Crippen LogP contribution in [0.2, 0.25) is 0 Å². The van der Waals surface area contributed by atoms with Crippen molar-refractivity contribution in [2.45, 2.75) is 39.5 Å². The third kappa shape index (κ3) is 1.54. The number of nitrogens with two attached hydrogens (primary N) is 1. The van der Waals surface area contributed by atoms with E-state index in [2.05, 4.69) is 24.0 Å². The van der Waals surface area contributed by atoms with E-state index in [4.69, 9.17) is 5.73 Å². The van der Waals surface area contributed by atoms with E-state index >= 15 is 0 Å². The first-order valence-corrected chi connectivity index (χ1v) is 5.78. The van der Waals surface area contributed by atoms with Crippen LogP contribution in [-0.4, -0.2) is 14.6 Å². The third-order valence-electron chi connectivity index (χ3n) is 3.21. The van der Waals surface area contributed by atoms with Crippen LogP contribution in [0.15, 0.2) is 12.3 Å². The second-order valence-electron chi connectivity index (χ2n) is 4.18. The Bertz CT molecular complexity index is 497. The van der Waals surface area contributed by atoms with Crippen molar-refractivity contribution in [2.24, 2.45) is 0 Å². The van der Waals surface area contributed by atoms with Crippen molar-refractivity contribution in [3.05, 3.63) is 23.7 Å². The van der Waals surface area contributed by atoms with E-state index in [9.17, 15) is 0 Å². The molecule has 4 nitrogen and oxygen atoms in total. The topological polar surface area (TPSA) is 56.2 Å². The van der Waals surface area contributed by atoms with Gasteiger partial charge in [0.05, 0.1) is 5.69 Å². The zero-order chi connectivity index (χ0) is 11.7. The van der Waals surface area contributed by atoms with Crippen molar-refractivity contribution >= 4 is 11.3 Å². The fourth-order valence-corrected chi connectivity index (χ4v) is 2.02. The molecule has 0 unspecified atom stereocenters. The van der Waals surface area contributed by atoms with Gasteiger partial charge < -0.3 is 5.73 Å². The van der Waals surface area contributed by atoms with Crippen molar-refractivity contribution < 1.29 is 0 Å². The van der Waals surface area contributed by atoms with Crippen molar-refractivity contribution in [1.29, 1.82) is 0 Å². The van der Waals surface area contributed by atoms with Crippen molar-refractivity contribution in [2.75, 3.05) is 5.73 Å². The minimum Gasteiger partial charge on any atom is -0.395 e. The first-order valence-electron chi connectivity index (χ1n) is 5.78. The number of hydrogen-bond acceptors (Lipinski definition) is 3. The molecule has 0 fully saturated rings. The molecule has 2 heterocycles. The van der Waals surface area contributed by atoms with Gasteiger partial charge in [-0.3, -0.25) is 4.40 Å². The maximum Gasteiger partial charge on any atom is 0.184 e. The molecule has 0 bridgehead atoms. The Morgan fingerprint density at radius 2 is 2.00 bits per heavy atom. The lowest BCUT2D eigenvalue weighted by molar-refractivity contribution is 0.595. The Morgan fingerprint density at radius 3 is 2.62 bits per heavy atom. The third-order valence-corrected chi connectivity index (χ3v) is 3.21. The lowest BCUT2D eigenvalue weighted by atomic mass is 10.0. The summed E-state index contributed by atoms with van der Waals surface area (Å²) >= 11 is 0. The van der Waals surface area contributed by atoms with Gasteiger partial charge in [-0.2, -0.15) is 0 Å². The first kappa shape index (κ1) is 10.9. The van der Waals surface area contributed by atoms with Crippen molar-refractivity contribution in [3.8, 4) is 0 Å². The van der Waals surface area contributed by atoms with Crippen LogP contribution in [0.3, 0.4) is 0 Å². The zero-order valence-electron chi connectivity index (χ0n) is 10.1. The smallest absolute Gasteiger partial charge is 0.184 e. The Labute approximate surface area is 95.5 Å². The van der Waals surface area contributed by atoms with Crippen LogP contribution >= 0.6 is 0 Å². The summed E-state index contributed by atoms with van der Waals surface area (Å²) in [5.41, 5.74) is 8.55. The number of fused-ring (bicyclic) bond motifs is 1. The normalized spacial score (nSPS) is 11.5. The molecule has 0 amide bonds. The van der Waals surface area contributed by atoms with Crippen molar-refractivity contribution in [3.63, 3.8) is 0 Å². The van der Waals surface area contributed by atoms with Gasteiger partial charge in [-0.1, -0.05) is 13.8 Å². The second-order valence-corrected chi connectivity index (χ2v) is 4.18. The predicted molar refractivity (Wildman–Crippen MR) is 65.5 cm³/mol. The molecule has 2 rings (SSSR count). The quantitative estimate of drug-likeness (QED) is 0.861. The number of nitrogens with zero attached hydrogens (tertiary/aromatic N) is 3. The Balaban J connectivity index is 2.61. The summed E-state index contributed by atoms with van der Waals surface area (Å²) in [6, 6.07) is 2.01. The molecule has 2 N–H and O–H groups in total. The highest BCUT2D eigenvalue weighted by molar-refractivity contribution is 5.68. The summed E-state index contributed by atoms with van der Waals surface area (Å²) in [5.74, 6) is 1.48. The number of hydrogen-bond donors (Lipinski definition) is 1. The van der Waals surface area contributed by atoms with Gasteiger partial charge >= 0.3 is 0 Å². The van der Waals surface area contributed by atoms with Crippen molar-refractivity contribution in [1.82, 2.24) is 14.6 Å². The van der Waals surface area contributed by atoms with Crippen LogP contribution < -0.4 is 5.73 Å². The Hall–Kier alpha value is -1.58. The highest BCUT2D eigenvalue weighted by atomic mass is 15.3. The van der Waals surface area contributed by atoms with Crippen LogP contribution in [0, 0.1) is 6.92 Å². The molecule has 0 radical (unpaired) electrons. The maximum atomic E-state index is 5.99. The summed E-state index contributed by atoms with van der Waals surface area (Å²) in [4.78, 5) is 0. The fraction of sp³-hybridized carbons (Fsp3) is 0.500. The van der Waals surface area contributed by atoms with Gasteiger partial charge in [-0.25, -0.2) is 0 Å². The summed E-state index contributed by atoms with van der Waals surface area (Å²) in [6.07, 6.45) is 4.16. The molecule has 0 saturated carbocycles. The molecule has 0 spiro atoms. The number of aryl methyl sites for hydroxylation is 1. The van der Waals surface area contributed by atoms with Gasteiger partial charge in [0.2, 0.25) is 0 Å². The molecular formula is C12H18N4. The van der Waals surface area contributed by atoms with Crippen LogP contribution in [0.25, 0.3) is 5.65 Å². The molecule has 0 aliphatic heterocycles. The predicted octanol–water partition coefficient (Wildman–Crippen LogP) is 2.52. The molecule has 0 aliphatic carbocycles. The lowest BCUT2D eigenvalue weighted by Crippen LogP contribution is -2.03. The highest BCUT2D eigenvalue weighted by Crippen LogP contribution is 2.24. The minimum atomic E-state index is 0.456. The Kier molecular flexibility index (Phi) is 2.81. The largest absolute Gasteiger partial charge is 0.395 e. The monoisotopic (exact) mass is 218 g/mol. The molecule has 0 atom stereocenters. The van der Waals surface area contributed by atoms with Gasteiger partial charge in [0.25, 0.3) is 0 Å². The standard InChI is InChI=1S/C12H18N4/c1-4-9(5-2)11-14-15-12-10(13)8(3)6-7-16(11)12/h6-7,9H,4-5,13H2,1-3H3. The average molecular weight is 218 g/mol. The number of nitrogen functional groups attached to an aromatic ring is 1. The van der Waals surface area contributed by atoms with Gasteiger partial charge in [0.15, 0.2) is 5.65 Å². The summed E-state index contributed by atoms with van der Waals surface area (Å²) < 4.78 is 2.01. The molecule has 0 saturated heterocycles. The van der Waals surface area contributed by atoms with E-state index in [1.54, 1.807) is 0 Å². The number of anilines is 1. The van der Waals surface area contributed by atoms with Crippen LogP contribution in [0.4, 0.5) is 5.69 Å². The molecule has 0 aliphatic rings. The van der Waals surface area contributed by atoms with E-state index in [0.717, 1.165) is 35.6 Å². The van der Waals surface area contributed by atoms with E-state index in [1.165, 1.54) is 0 Å². The van der Waals surface area contributed by atoms with Gasteiger partial charge in [0.1, 0.15) is 5.82 Å². The summed E-state index contributed by atoms with van der Waals surface area (Å²) in [7, 11) is 0. The number of rotatable bonds is 3. The molecule has 16 heavy (non-hydrogen) atoms. The molecule has 86 valence electrons. The molecular weight excluding hydrogens is 200 g/mol. The highest BCUT2D eigenvalue weighted by Gasteiger charge is 2.16. The number of aromatic nitrogens is 3. The van der Waals surface area contributed by atoms with Crippen LogP contribution in [0.5, 0.6) is 0 Å². The molecule has 2 aromatic rings. The second kappa shape index (κ2) is 4.12. The van der Waals surface area contributed by atoms with E-state index in [1.807, 2.05) is 23.6 Å². The maximum absolute atomic E-state index is 5.99. The average Bonchev–Trinajstić information content (AvgIpc) is 2.70. The van der Waals surface area contributed by atoms with E-state index in [0.29, 0.717) is 5.92 Å². The van der Waals surface area contributed by atoms with E-state index in [-0.39, 0.29) is 0 Å². The Morgan fingerprint density at radius 1 is 1.31 bits per heavy atom. The SMILES string of the molecule is CCC(CC)c1nnc2c(N)c(C)ccn12. The van der Waals surface area contributed by atoms with Crippen LogP contribution in [-0.2, 0) is 0 Å². The lowest BCUT2D eigenvalue weighted by Gasteiger charge is -2.10. The summed E-state index contributed by atoms with van der Waals surface area (Å²) in [6.45, 7) is 6.33. The number of pyridine rings is 1. The van der Waals surface area contributed by atoms with Gasteiger partial charge in [0, 0.05) is 12.1 Å². The van der Waals surface area contributed by atoms with Gasteiger partial charge in [-0.05, 0) is 31.4 Å². The molecule has 4 heteroatoms. The molecule has 2 aromatic heterocycles. The first-order chi connectivity index (χ1) is 7.69. The van der Waals surface area contributed by atoms with E-state index < -0.39 is 0 Å².